The predicted molar refractivity (Wildman–Crippen MR) is 125 cm³/mol. The third-order valence-electron chi connectivity index (χ3n) is 6.26. The van der Waals surface area contributed by atoms with Crippen LogP contribution in [0.3, 0.4) is 0 Å². The Morgan fingerprint density at radius 2 is 1.84 bits per heavy atom. The summed E-state index contributed by atoms with van der Waals surface area (Å²) in [5, 5.41) is 9.76. The zero-order chi connectivity index (χ0) is 27.0. The molecule has 2 amide bonds. The first kappa shape index (κ1) is 27.1. The minimum absolute atomic E-state index is 0.219. The first-order valence-corrected chi connectivity index (χ1v) is 12.9. The van der Waals surface area contributed by atoms with E-state index in [-0.39, 0.29) is 31.8 Å². The fourth-order valence-corrected chi connectivity index (χ4v) is 7.17. The highest BCUT2D eigenvalue weighted by molar-refractivity contribution is 7.90. The number of aromatic nitrogens is 1. The quantitative estimate of drug-likeness (QED) is 0.588. The Kier molecular flexibility index (Phi) is 7.38. The zero-order valence-electron chi connectivity index (χ0n) is 19.1. The number of carbonyl (C=O) groups excluding carboxylic acids is 1. The van der Waals surface area contributed by atoms with Gasteiger partial charge in [-0.15, -0.1) is 0 Å². The largest absolute Gasteiger partial charge is 0.490 e. The van der Waals surface area contributed by atoms with Gasteiger partial charge >= 0.3 is 18.2 Å². The summed E-state index contributed by atoms with van der Waals surface area (Å²) < 4.78 is 65.8. The number of hydrogen-bond acceptors (Lipinski definition) is 6. The van der Waals surface area contributed by atoms with Crippen LogP contribution in [0, 0.1) is 0 Å². The minimum Gasteiger partial charge on any atom is -0.475 e. The Bertz CT molecular complexity index is 1280. The molecule has 3 fully saturated rings. The van der Waals surface area contributed by atoms with E-state index in [4.69, 9.17) is 26.2 Å². The van der Waals surface area contributed by atoms with Gasteiger partial charge in [0.05, 0.1) is 23.4 Å². The maximum absolute atomic E-state index is 13.2. The van der Waals surface area contributed by atoms with Gasteiger partial charge in [0.25, 0.3) is 0 Å². The summed E-state index contributed by atoms with van der Waals surface area (Å²) in [5.41, 5.74) is 0.480. The van der Waals surface area contributed by atoms with E-state index in [0.717, 1.165) is 5.56 Å². The monoisotopic (exact) mass is 562 g/mol. The number of benzene rings is 1. The summed E-state index contributed by atoms with van der Waals surface area (Å²) in [6.07, 6.45) is -1.69. The van der Waals surface area contributed by atoms with E-state index in [0.29, 0.717) is 23.7 Å². The van der Waals surface area contributed by atoms with Crippen LogP contribution >= 0.6 is 11.6 Å². The zero-order valence-corrected chi connectivity index (χ0v) is 20.6. The van der Waals surface area contributed by atoms with Crippen molar-refractivity contribution in [1.82, 2.24) is 14.2 Å². The molecule has 3 atom stereocenters. The fraction of sp³-hybridized carbons (Fsp3) is 0.409. The van der Waals surface area contributed by atoms with Crippen molar-refractivity contribution in [3.63, 3.8) is 0 Å². The molecule has 0 radical (unpaired) electrons. The van der Waals surface area contributed by atoms with E-state index in [2.05, 4.69) is 10.3 Å². The average Bonchev–Trinajstić information content (AvgIpc) is 3.20. The second-order valence-electron chi connectivity index (χ2n) is 8.79. The van der Waals surface area contributed by atoms with Crippen molar-refractivity contribution in [3.8, 4) is 0 Å². The number of para-hydroxylation sites is 1. The number of amides is 2. The molecule has 1 spiro atoms. The molecule has 10 nitrogen and oxygen atoms in total. The molecule has 2 bridgehead atoms. The van der Waals surface area contributed by atoms with Gasteiger partial charge in [0, 0.05) is 32.0 Å². The highest BCUT2D eigenvalue weighted by Crippen LogP contribution is 2.47. The number of halogens is 4. The Balaban J connectivity index is 0.000000405. The Morgan fingerprint density at radius 1 is 1.19 bits per heavy atom. The molecule has 15 heteroatoms. The summed E-state index contributed by atoms with van der Waals surface area (Å²) in [4.78, 5) is 27.4. The molecule has 2 N–H and O–H groups in total. The third kappa shape index (κ3) is 5.66. The van der Waals surface area contributed by atoms with Crippen molar-refractivity contribution in [2.45, 2.75) is 36.1 Å². The number of ether oxygens (including phenoxy) is 1. The smallest absolute Gasteiger partial charge is 0.475 e. The molecule has 4 heterocycles. The SMILES string of the molecule is O=C(Nc1ccccc1Cl)N1C[C@H]2C[C@H]3[C@](C1)(CN(Cc1ccncc1)S3(=O)=O)O2.O=C(O)C(F)(F)F. The van der Waals surface area contributed by atoms with Crippen LogP contribution in [0.1, 0.15) is 12.0 Å². The van der Waals surface area contributed by atoms with Crippen molar-refractivity contribution in [2.75, 3.05) is 25.0 Å². The highest BCUT2D eigenvalue weighted by Gasteiger charge is 2.65. The molecule has 1 aromatic heterocycles. The molecular formula is C22H22ClF3N4O6S. The molecule has 5 rings (SSSR count). The number of alkyl halides is 3. The summed E-state index contributed by atoms with van der Waals surface area (Å²) in [7, 11) is -3.53. The molecule has 0 saturated carbocycles. The number of rotatable bonds is 3. The number of morpholine rings is 1. The van der Waals surface area contributed by atoms with Gasteiger partial charge in [-0.1, -0.05) is 23.7 Å². The summed E-state index contributed by atoms with van der Waals surface area (Å²) in [6.45, 7) is 1.07. The van der Waals surface area contributed by atoms with Crippen LogP contribution in [0.2, 0.25) is 5.02 Å². The number of aliphatic carboxylic acids is 1. The fourth-order valence-electron chi connectivity index (χ4n) is 4.69. The molecule has 0 unspecified atom stereocenters. The Morgan fingerprint density at radius 3 is 2.46 bits per heavy atom. The summed E-state index contributed by atoms with van der Waals surface area (Å²) in [6, 6.07) is 10.3. The highest BCUT2D eigenvalue weighted by atomic mass is 35.5. The van der Waals surface area contributed by atoms with E-state index in [1.165, 1.54) is 4.31 Å². The molecule has 3 aliphatic rings. The number of nitrogens with zero attached hydrogens (tertiary/aromatic N) is 3. The van der Waals surface area contributed by atoms with Gasteiger partial charge in [0.15, 0.2) is 0 Å². The van der Waals surface area contributed by atoms with Crippen molar-refractivity contribution >= 4 is 39.3 Å². The van der Waals surface area contributed by atoms with Crippen LogP contribution in [0.25, 0.3) is 0 Å². The normalized spacial score (nSPS) is 26.1. The number of anilines is 1. The summed E-state index contributed by atoms with van der Waals surface area (Å²) >= 11 is 6.15. The molecule has 3 aliphatic heterocycles. The third-order valence-corrected chi connectivity index (χ3v) is 8.91. The molecule has 1 aromatic carbocycles. The topological polar surface area (TPSA) is 129 Å². The van der Waals surface area contributed by atoms with Gasteiger partial charge < -0.3 is 20.1 Å². The van der Waals surface area contributed by atoms with E-state index < -0.39 is 33.0 Å². The van der Waals surface area contributed by atoms with Gasteiger partial charge in [0.1, 0.15) is 10.9 Å². The molecule has 3 saturated heterocycles. The predicted octanol–water partition coefficient (Wildman–Crippen LogP) is 2.96. The average molecular weight is 563 g/mol. The lowest BCUT2D eigenvalue weighted by atomic mass is 9.99. The molecule has 2 aromatic rings. The molecule has 37 heavy (non-hydrogen) atoms. The number of carboxylic acids is 1. The molecule has 200 valence electrons. The lowest BCUT2D eigenvalue weighted by Gasteiger charge is -2.39. The van der Waals surface area contributed by atoms with E-state index in [1.807, 2.05) is 0 Å². The Hall–Kier alpha value is -2.94. The van der Waals surface area contributed by atoms with Crippen molar-refractivity contribution in [3.05, 3.63) is 59.4 Å². The first-order chi connectivity index (χ1) is 17.3. The summed E-state index contributed by atoms with van der Waals surface area (Å²) in [5.74, 6) is -2.76. The number of hydrogen-bond donors (Lipinski definition) is 2. The maximum Gasteiger partial charge on any atom is 0.490 e. The number of fused-ring (bicyclic) bond motifs is 1. The first-order valence-electron chi connectivity index (χ1n) is 11.0. The van der Waals surface area contributed by atoms with Crippen LogP contribution in [-0.4, -0.2) is 82.5 Å². The molecular weight excluding hydrogens is 541 g/mol. The number of carboxylic acid groups (broad SMARTS) is 1. The number of sulfonamides is 1. The van der Waals surface area contributed by atoms with Crippen molar-refractivity contribution in [2.24, 2.45) is 0 Å². The number of urea groups is 1. The second kappa shape index (κ2) is 10.1. The van der Waals surface area contributed by atoms with E-state index in [1.54, 1.807) is 53.7 Å². The van der Waals surface area contributed by atoms with Gasteiger partial charge in [-0.05, 0) is 36.2 Å². The minimum atomic E-state index is -5.08. The standard InChI is InChI=1S/C20H21ClN4O4S.C2HF3O2/c21-16-3-1-2-4-17(16)23-19(26)24-11-15-9-18-20(12-24,29-15)13-25(30(18,27)28)10-14-5-7-22-8-6-14;3-2(4,5)1(6)7/h1-8,15,18H,9-13H2,(H,23,26);(H,6,7)/t15-,18+,20+;/m1./s1. The van der Waals surface area contributed by atoms with Crippen molar-refractivity contribution in [1.29, 1.82) is 0 Å². The van der Waals surface area contributed by atoms with Crippen LogP contribution in [0.15, 0.2) is 48.8 Å². The number of pyridine rings is 1. The van der Waals surface area contributed by atoms with E-state index in [9.17, 15) is 26.4 Å². The second-order valence-corrected chi connectivity index (χ2v) is 11.3. The van der Waals surface area contributed by atoms with Gasteiger partial charge in [-0.3, -0.25) is 4.98 Å². The molecule has 0 aliphatic carbocycles. The van der Waals surface area contributed by atoms with Crippen molar-refractivity contribution < 1.29 is 41.0 Å². The maximum atomic E-state index is 13.2. The number of carbonyl (C=O) groups is 2. The lowest BCUT2D eigenvalue weighted by Crippen LogP contribution is -2.57. The van der Waals surface area contributed by atoms with Crippen LogP contribution in [0.4, 0.5) is 23.7 Å². The lowest BCUT2D eigenvalue weighted by molar-refractivity contribution is -0.192. The van der Waals surface area contributed by atoms with Crippen LogP contribution in [-0.2, 0) is 26.1 Å². The number of likely N-dealkylation sites (tertiary alicyclic amines) is 1. The van der Waals surface area contributed by atoms with Crippen LogP contribution < -0.4 is 5.32 Å². The van der Waals surface area contributed by atoms with Gasteiger partial charge in [-0.25, -0.2) is 18.0 Å². The number of nitrogens with one attached hydrogen (secondary N) is 1. The van der Waals surface area contributed by atoms with Crippen LogP contribution in [0.5, 0.6) is 0 Å². The van der Waals surface area contributed by atoms with Gasteiger partial charge in [-0.2, -0.15) is 17.5 Å². The Labute approximate surface area is 215 Å². The van der Waals surface area contributed by atoms with E-state index >= 15 is 0 Å². The van der Waals surface area contributed by atoms with Gasteiger partial charge in [0.2, 0.25) is 10.0 Å².